The summed E-state index contributed by atoms with van der Waals surface area (Å²) in [4.78, 5) is 14.2. The summed E-state index contributed by atoms with van der Waals surface area (Å²) >= 11 is 0. The monoisotopic (exact) mass is 354 g/mol. The van der Waals surface area contributed by atoms with Gasteiger partial charge in [-0.1, -0.05) is 25.5 Å². The van der Waals surface area contributed by atoms with E-state index in [-0.39, 0.29) is 17.1 Å². The van der Waals surface area contributed by atoms with Gasteiger partial charge in [-0.15, -0.1) is 0 Å². The van der Waals surface area contributed by atoms with E-state index in [0.717, 1.165) is 12.8 Å². The molecule has 0 spiro atoms. The molecule has 1 amide bonds. The van der Waals surface area contributed by atoms with E-state index in [9.17, 15) is 13.2 Å². The molecule has 1 aliphatic heterocycles. The van der Waals surface area contributed by atoms with Crippen molar-refractivity contribution in [3.8, 4) is 0 Å². The van der Waals surface area contributed by atoms with Crippen molar-refractivity contribution in [3.63, 3.8) is 0 Å². The molecule has 0 radical (unpaired) electrons. The molecule has 0 aromatic carbocycles. The summed E-state index contributed by atoms with van der Waals surface area (Å²) in [6.45, 7) is 9.97. The zero-order chi connectivity index (χ0) is 18.0. The molecule has 1 fully saturated rings. The van der Waals surface area contributed by atoms with Gasteiger partial charge in [0.15, 0.2) is 0 Å². The van der Waals surface area contributed by atoms with Gasteiger partial charge in [-0.05, 0) is 44.1 Å². The minimum Gasteiger partial charge on any atom is -0.337 e. The summed E-state index contributed by atoms with van der Waals surface area (Å²) in [5.41, 5.74) is 2.76. The molecule has 5 nitrogen and oxygen atoms in total. The molecule has 0 aromatic heterocycles. The topological polar surface area (TPSA) is 57.7 Å². The van der Waals surface area contributed by atoms with E-state index >= 15 is 0 Å². The molecule has 1 aliphatic carbocycles. The molecule has 2 aliphatic rings. The number of piperazine rings is 1. The zero-order valence-electron chi connectivity index (χ0n) is 15.3. The normalized spacial score (nSPS) is 23.1. The lowest BCUT2D eigenvalue weighted by Crippen LogP contribution is -2.50. The molecular weight excluding hydrogens is 324 g/mol. The quantitative estimate of drug-likeness (QED) is 0.729. The van der Waals surface area contributed by atoms with E-state index in [2.05, 4.69) is 20.8 Å². The lowest BCUT2D eigenvalue weighted by atomic mass is 9.72. The van der Waals surface area contributed by atoms with Crippen molar-refractivity contribution < 1.29 is 13.2 Å². The molecule has 0 N–H and O–H groups in total. The summed E-state index contributed by atoms with van der Waals surface area (Å²) in [5, 5.41) is 0. The van der Waals surface area contributed by atoms with Crippen LogP contribution in [0.2, 0.25) is 0 Å². The summed E-state index contributed by atoms with van der Waals surface area (Å²) < 4.78 is 25.2. The molecule has 136 valence electrons. The lowest BCUT2D eigenvalue weighted by molar-refractivity contribution is -0.127. The minimum absolute atomic E-state index is 0.0229. The largest absolute Gasteiger partial charge is 0.337 e. The first kappa shape index (κ1) is 19.2. The Morgan fingerprint density at radius 3 is 2.38 bits per heavy atom. The average Bonchev–Trinajstić information content (AvgIpc) is 2.53. The Morgan fingerprint density at radius 2 is 1.83 bits per heavy atom. The first-order valence-corrected chi connectivity index (χ1v) is 10.4. The third-order valence-electron chi connectivity index (χ3n) is 5.24. The van der Waals surface area contributed by atoms with Crippen molar-refractivity contribution in [2.75, 3.05) is 31.9 Å². The fourth-order valence-corrected chi connectivity index (χ4v) is 4.72. The smallest absolute Gasteiger partial charge is 0.246 e. The van der Waals surface area contributed by atoms with Gasteiger partial charge in [0.1, 0.15) is 0 Å². The summed E-state index contributed by atoms with van der Waals surface area (Å²) in [6, 6.07) is 0. The maximum Gasteiger partial charge on any atom is 0.246 e. The summed E-state index contributed by atoms with van der Waals surface area (Å²) in [6.07, 6.45) is 7.09. The number of hydrogen-bond donors (Lipinski definition) is 0. The van der Waals surface area contributed by atoms with E-state index in [4.69, 9.17) is 0 Å². The van der Waals surface area contributed by atoms with E-state index in [1.807, 2.05) is 6.08 Å². The highest BCUT2D eigenvalue weighted by Gasteiger charge is 2.28. The van der Waals surface area contributed by atoms with Crippen LogP contribution in [-0.4, -0.2) is 55.5 Å². The SMILES string of the molecule is CCS(=O)(=O)N1CCN(C(=O)/C=C/C2=C(C)CCCC2(C)C)CC1. The van der Waals surface area contributed by atoms with Gasteiger partial charge in [-0.25, -0.2) is 8.42 Å². The Balaban J connectivity index is 1.99. The van der Waals surface area contributed by atoms with Crippen molar-refractivity contribution >= 4 is 15.9 Å². The van der Waals surface area contributed by atoms with Crippen molar-refractivity contribution in [1.82, 2.24) is 9.21 Å². The fraction of sp³-hybridized carbons (Fsp3) is 0.722. The van der Waals surface area contributed by atoms with Crippen LogP contribution < -0.4 is 0 Å². The van der Waals surface area contributed by atoms with Crippen LogP contribution in [0.1, 0.15) is 47.0 Å². The van der Waals surface area contributed by atoms with Gasteiger partial charge in [-0.3, -0.25) is 4.79 Å². The molecule has 1 saturated heterocycles. The third kappa shape index (κ3) is 4.28. The fourth-order valence-electron chi connectivity index (χ4n) is 3.64. The summed E-state index contributed by atoms with van der Waals surface area (Å²) in [7, 11) is -3.15. The molecule has 1 heterocycles. The molecule has 0 aromatic rings. The highest BCUT2D eigenvalue weighted by atomic mass is 32.2. The zero-order valence-corrected chi connectivity index (χ0v) is 16.2. The van der Waals surface area contributed by atoms with Crippen LogP contribution in [0.3, 0.4) is 0 Å². The van der Waals surface area contributed by atoms with Crippen molar-refractivity contribution in [3.05, 3.63) is 23.3 Å². The predicted molar refractivity (Wildman–Crippen MR) is 97.1 cm³/mol. The summed E-state index contributed by atoms with van der Waals surface area (Å²) in [5.74, 6) is 0.0915. The number of allylic oxidation sites excluding steroid dienone is 3. The van der Waals surface area contributed by atoms with Crippen LogP contribution in [0.25, 0.3) is 0 Å². The van der Waals surface area contributed by atoms with E-state index in [1.54, 1.807) is 17.9 Å². The van der Waals surface area contributed by atoms with Crippen LogP contribution in [0.4, 0.5) is 0 Å². The van der Waals surface area contributed by atoms with Gasteiger partial charge < -0.3 is 4.90 Å². The van der Waals surface area contributed by atoms with E-state index in [0.29, 0.717) is 26.2 Å². The van der Waals surface area contributed by atoms with Gasteiger partial charge in [0, 0.05) is 32.3 Å². The number of nitrogens with zero attached hydrogens (tertiary/aromatic N) is 2. The van der Waals surface area contributed by atoms with Gasteiger partial charge >= 0.3 is 0 Å². The van der Waals surface area contributed by atoms with Crippen LogP contribution in [0, 0.1) is 5.41 Å². The van der Waals surface area contributed by atoms with Crippen LogP contribution in [-0.2, 0) is 14.8 Å². The highest BCUT2D eigenvalue weighted by Crippen LogP contribution is 2.40. The van der Waals surface area contributed by atoms with Crippen LogP contribution in [0.15, 0.2) is 23.3 Å². The van der Waals surface area contributed by atoms with Gasteiger partial charge in [0.05, 0.1) is 5.75 Å². The number of rotatable bonds is 4. The molecule has 2 rings (SSSR count). The van der Waals surface area contributed by atoms with Crippen molar-refractivity contribution in [1.29, 1.82) is 0 Å². The predicted octanol–water partition coefficient (Wildman–Crippen LogP) is 2.56. The Hall–Kier alpha value is -1.14. The standard InChI is InChI=1S/C18H30N2O3S/c1-5-24(22,23)20-13-11-19(12-14-20)17(21)9-8-16-15(2)7-6-10-18(16,3)4/h8-9H,5-7,10-14H2,1-4H3/b9-8+. The Kier molecular flexibility index (Phi) is 5.91. The van der Waals surface area contributed by atoms with Gasteiger partial charge in [-0.2, -0.15) is 4.31 Å². The average molecular weight is 355 g/mol. The van der Waals surface area contributed by atoms with Gasteiger partial charge in [0.25, 0.3) is 0 Å². The highest BCUT2D eigenvalue weighted by molar-refractivity contribution is 7.89. The molecule has 0 saturated carbocycles. The number of hydrogen-bond acceptors (Lipinski definition) is 3. The second-order valence-electron chi connectivity index (χ2n) is 7.39. The first-order valence-electron chi connectivity index (χ1n) is 8.82. The maximum absolute atomic E-state index is 12.4. The van der Waals surface area contributed by atoms with Crippen LogP contribution in [0.5, 0.6) is 0 Å². The van der Waals surface area contributed by atoms with E-state index in [1.165, 1.54) is 21.9 Å². The number of sulfonamides is 1. The lowest BCUT2D eigenvalue weighted by Gasteiger charge is -2.34. The van der Waals surface area contributed by atoms with Gasteiger partial charge in [0.2, 0.25) is 15.9 Å². The molecule has 0 atom stereocenters. The molecular formula is C18H30N2O3S. The number of carbonyl (C=O) groups is 1. The van der Waals surface area contributed by atoms with Crippen molar-refractivity contribution in [2.45, 2.75) is 47.0 Å². The second-order valence-corrected chi connectivity index (χ2v) is 9.65. The van der Waals surface area contributed by atoms with Crippen molar-refractivity contribution in [2.24, 2.45) is 5.41 Å². The van der Waals surface area contributed by atoms with Crippen LogP contribution >= 0.6 is 0 Å². The number of amides is 1. The Morgan fingerprint density at radius 1 is 1.21 bits per heavy atom. The molecule has 0 unspecified atom stereocenters. The minimum atomic E-state index is -3.15. The second kappa shape index (κ2) is 7.40. The number of carbonyl (C=O) groups excluding carboxylic acids is 1. The first-order chi connectivity index (χ1) is 11.2. The Labute approximate surface area is 146 Å². The molecule has 0 bridgehead atoms. The molecule has 6 heteroatoms. The van der Waals surface area contributed by atoms with E-state index < -0.39 is 10.0 Å². The third-order valence-corrected chi connectivity index (χ3v) is 7.13. The molecule has 24 heavy (non-hydrogen) atoms. The maximum atomic E-state index is 12.4. The Bertz CT molecular complexity index is 639.